The average molecular weight is 280 g/mol. The van der Waals surface area contributed by atoms with Crippen LogP contribution in [0.2, 0.25) is 0 Å². The van der Waals surface area contributed by atoms with E-state index in [1.54, 1.807) is 0 Å². The number of aromatic nitrogens is 3. The number of hydrogen-bond donors (Lipinski definition) is 0. The Bertz CT molecular complexity index is 464. The first-order chi connectivity index (χ1) is 7.74. The second-order valence-electron chi connectivity index (χ2n) is 3.80. The summed E-state index contributed by atoms with van der Waals surface area (Å²) in [6.07, 6.45) is 0. The van der Waals surface area contributed by atoms with Gasteiger partial charge in [-0.25, -0.2) is 0 Å². The maximum Gasteiger partial charge on any atom is 0.143 e. The van der Waals surface area contributed by atoms with Crippen LogP contribution in [0.25, 0.3) is 0 Å². The minimum atomic E-state index is 0.270. The second kappa shape index (κ2) is 4.78. The van der Waals surface area contributed by atoms with Gasteiger partial charge in [-0.05, 0) is 5.56 Å². The lowest BCUT2D eigenvalue weighted by Crippen LogP contribution is -2.06. The van der Waals surface area contributed by atoms with Gasteiger partial charge in [0, 0.05) is 13.0 Å². The highest BCUT2D eigenvalue weighted by Gasteiger charge is 2.15. The number of hydrogen-bond acceptors (Lipinski definition) is 2. The fraction of sp³-hybridized carbons (Fsp3) is 0.333. The van der Waals surface area contributed by atoms with Crippen molar-refractivity contribution in [2.75, 3.05) is 0 Å². The van der Waals surface area contributed by atoms with Gasteiger partial charge in [-0.1, -0.05) is 53.2 Å². The molecular formula is C12H14BrN3. The molecule has 0 amide bonds. The van der Waals surface area contributed by atoms with Gasteiger partial charge in [-0.15, -0.1) is 10.2 Å². The molecule has 0 saturated heterocycles. The Morgan fingerprint density at radius 3 is 2.50 bits per heavy atom. The molecule has 16 heavy (non-hydrogen) atoms. The molecule has 84 valence electrons. The van der Waals surface area contributed by atoms with E-state index >= 15 is 0 Å². The Balaban J connectivity index is 2.34. The van der Waals surface area contributed by atoms with E-state index < -0.39 is 0 Å². The lowest BCUT2D eigenvalue weighted by molar-refractivity contribution is 0.724. The van der Waals surface area contributed by atoms with Crippen LogP contribution in [0, 0.1) is 0 Å². The molecule has 4 heteroatoms. The normalized spacial score (nSPS) is 12.7. The summed E-state index contributed by atoms with van der Waals surface area (Å²) < 4.78 is 2.05. The van der Waals surface area contributed by atoms with Crippen LogP contribution in [-0.2, 0) is 12.4 Å². The minimum Gasteiger partial charge on any atom is -0.317 e. The van der Waals surface area contributed by atoms with E-state index in [9.17, 15) is 0 Å². The summed E-state index contributed by atoms with van der Waals surface area (Å²) in [6, 6.07) is 10.4. The van der Waals surface area contributed by atoms with Gasteiger partial charge in [0.05, 0.1) is 5.33 Å². The monoisotopic (exact) mass is 279 g/mol. The van der Waals surface area contributed by atoms with Crippen molar-refractivity contribution in [1.29, 1.82) is 0 Å². The van der Waals surface area contributed by atoms with Crippen LogP contribution >= 0.6 is 15.9 Å². The molecule has 2 rings (SSSR count). The van der Waals surface area contributed by atoms with Crippen molar-refractivity contribution in [1.82, 2.24) is 14.8 Å². The molecule has 2 aromatic rings. The van der Waals surface area contributed by atoms with Gasteiger partial charge in [0.15, 0.2) is 0 Å². The van der Waals surface area contributed by atoms with Gasteiger partial charge in [-0.2, -0.15) is 0 Å². The highest BCUT2D eigenvalue weighted by molar-refractivity contribution is 9.08. The number of benzene rings is 1. The van der Waals surface area contributed by atoms with E-state index in [-0.39, 0.29) is 5.92 Å². The van der Waals surface area contributed by atoms with E-state index in [0.29, 0.717) is 0 Å². The van der Waals surface area contributed by atoms with Gasteiger partial charge in [0.25, 0.3) is 0 Å². The van der Waals surface area contributed by atoms with E-state index in [4.69, 9.17) is 0 Å². The topological polar surface area (TPSA) is 30.7 Å². The van der Waals surface area contributed by atoms with Crippen LogP contribution in [-0.4, -0.2) is 14.8 Å². The summed E-state index contributed by atoms with van der Waals surface area (Å²) in [4.78, 5) is 0. The van der Waals surface area contributed by atoms with Crippen LogP contribution < -0.4 is 0 Å². The second-order valence-corrected chi connectivity index (χ2v) is 4.36. The van der Waals surface area contributed by atoms with Crippen molar-refractivity contribution < 1.29 is 0 Å². The van der Waals surface area contributed by atoms with Gasteiger partial charge < -0.3 is 4.57 Å². The highest BCUT2D eigenvalue weighted by Crippen LogP contribution is 2.22. The Labute approximate surface area is 104 Å². The molecule has 1 heterocycles. The Kier molecular flexibility index (Phi) is 3.39. The van der Waals surface area contributed by atoms with Crippen LogP contribution in [0.5, 0.6) is 0 Å². The summed E-state index contributed by atoms with van der Waals surface area (Å²) in [5, 5.41) is 9.13. The highest BCUT2D eigenvalue weighted by atomic mass is 79.9. The first-order valence-corrected chi connectivity index (χ1v) is 6.35. The lowest BCUT2D eigenvalue weighted by atomic mass is 10.0. The standard InChI is InChI=1S/C12H14BrN3/c1-9(10-6-4-3-5-7-10)12-15-14-11(8-13)16(12)2/h3-7,9H,8H2,1-2H3. The molecule has 0 aliphatic rings. The largest absolute Gasteiger partial charge is 0.317 e. The zero-order valence-electron chi connectivity index (χ0n) is 9.39. The fourth-order valence-corrected chi connectivity index (χ4v) is 2.25. The summed E-state index contributed by atoms with van der Waals surface area (Å²) in [7, 11) is 2.01. The lowest BCUT2D eigenvalue weighted by Gasteiger charge is -2.11. The molecule has 0 fully saturated rings. The smallest absolute Gasteiger partial charge is 0.143 e. The summed E-state index contributed by atoms with van der Waals surface area (Å²) in [6.45, 7) is 2.15. The third kappa shape index (κ3) is 2.02. The predicted molar refractivity (Wildman–Crippen MR) is 67.6 cm³/mol. The molecule has 0 aliphatic carbocycles. The molecule has 1 atom stereocenters. The molecular weight excluding hydrogens is 266 g/mol. The van der Waals surface area contributed by atoms with Gasteiger partial charge in [0.2, 0.25) is 0 Å². The van der Waals surface area contributed by atoms with Gasteiger partial charge in [0.1, 0.15) is 11.6 Å². The summed E-state index contributed by atoms with van der Waals surface area (Å²) >= 11 is 3.40. The number of alkyl halides is 1. The first-order valence-electron chi connectivity index (χ1n) is 5.23. The van der Waals surface area contributed by atoms with Crippen molar-refractivity contribution in [2.24, 2.45) is 7.05 Å². The molecule has 3 nitrogen and oxygen atoms in total. The molecule has 0 aliphatic heterocycles. The van der Waals surface area contributed by atoms with Gasteiger partial charge in [-0.3, -0.25) is 0 Å². The molecule has 0 bridgehead atoms. The van der Waals surface area contributed by atoms with Crippen molar-refractivity contribution in [3.8, 4) is 0 Å². The Hall–Kier alpha value is -1.16. The van der Waals surface area contributed by atoms with Crippen molar-refractivity contribution in [3.05, 3.63) is 47.5 Å². The van der Waals surface area contributed by atoms with Crippen LogP contribution in [0.4, 0.5) is 0 Å². The van der Waals surface area contributed by atoms with Gasteiger partial charge >= 0.3 is 0 Å². The maximum absolute atomic E-state index is 4.25. The van der Waals surface area contributed by atoms with E-state index in [1.165, 1.54) is 5.56 Å². The zero-order valence-corrected chi connectivity index (χ0v) is 11.0. The minimum absolute atomic E-state index is 0.270. The first kappa shape index (κ1) is 11.3. The molecule has 0 saturated carbocycles. The average Bonchev–Trinajstić information content (AvgIpc) is 2.70. The third-order valence-corrected chi connectivity index (χ3v) is 3.31. The quantitative estimate of drug-likeness (QED) is 0.809. The van der Waals surface area contributed by atoms with E-state index in [2.05, 4.69) is 45.2 Å². The Morgan fingerprint density at radius 1 is 1.25 bits per heavy atom. The van der Waals surface area contributed by atoms with Crippen molar-refractivity contribution in [3.63, 3.8) is 0 Å². The van der Waals surface area contributed by atoms with Crippen molar-refractivity contribution >= 4 is 15.9 Å². The van der Waals surface area contributed by atoms with Crippen LogP contribution in [0.3, 0.4) is 0 Å². The number of halogens is 1. The summed E-state index contributed by atoms with van der Waals surface area (Å²) in [5.41, 5.74) is 1.26. The van der Waals surface area contributed by atoms with Crippen LogP contribution in [0.1, 0.15) is 30.1 Å². The third-order valence-electron chi connectivity index (χ3n) is 2.81. The molecule has 1 unspecified atom stereocenters. The zero-order chi connectivity index (χ0) is 11.5. The SMILES string of the molecule is CC(c1ccccc1)c1nnc(CBr)n1C. The van der Waals surface area contributed by atoms with Crippen molar-refractivity contribution in [2.45, 2.75) is 18.2 Å². The molecule has 1 aromatic carbocycles. The molecule has 0 radical (unpaired) electrons. The van der Waals surface area contributed by atoms with Crippen LogP contribution in [0.15, 0.2) is 30.3 Å². The molecule has 0 spiro atoms. The Morgan fingerprint density at radius 2 is 1.94 bits per heavy atom. The maximum atomic E-state index is 4.25. The number of nitrogens with zero attached hydrogens (tertiary/aromatic N) is 3. The molecule has 0 N–H and O–H groups in total. The van der Waals surface area contributed by atoms with E-state index in [1.807, 2.05) is 29.8 Å². The predicted octanol–water partition coefficient (Wildman–Crippen LogP) is 2.86. The van der Waals surface area contributed by atoms with E-state index in [0.717, 1.165) is 17.0 Å². The number of rotatable bonds is 3. The molecule has 1 aromatic heterocycles. The fourth-order valence-electron chi connectivity index (χ4n) is 1.76. The summed E-state index contributed by atoms with van der Waals surface area (Å²) in [5.74, 6) is 2.23.